The molecule has 0 aliphatic carbocycles. The molecular formula is C25H25F3N4O3. The number of alkyl halides is 3. The van der Waals surface area contributed by atoms with Crippen LogP contribution in [0.5, 0.6) is 0 Å². The van der Waals surface area contributed by atoms with Gasteiger partial charge in [0.05, 0.1) is 42.6 Å². The Morgan fingerprint density at radius 3 is 2.77 bits per heavy atom. The van der Waals surface area contributed by atoms with Crippen molar-refractivity contribution in [3.63, 3.8) is 0 Å². The van der Waals surface area contributed by atoms with Crippen LogP contribution in [0.3, 0.4) is 0 Å². The second-order valence-corrected chi connectivity index (χ2v) is 9.03. The Balaban J connectivity index is 1.46. The smallest absolute Gasteiger partial charge is 0.383 e. The molecule has 1 saturated heterocycles. The van der Waals surface area contributed by atoms with Gasteiger partial charge in [-0.05, 0) is 49.2 Å². The van der Waals surface area contributed by atoms with Gasteiger partial charge < -0.3 is 20.1 Å². The molecule has 0 saturated carbocycles. The molecule has 1 amide bonds. The Labute approximate surface area is 200 Å². The zero-order valence-electron chi connectivity index (χ0n) is 19.1. The van der Waals surface area contributed by atoms with Gasteiger partial charge in [0.15, 0.2) is 0 Å². The number of nitrogens with two attached hydrogens (primary N) is 1. The van der Waals surface area contributed by atoms with E-state index >= 15 is 0 Å². The molecule has 3 aromatic rings. The second kappa shape index (κ2) is 9.09. The number of hydrogen-bond donors (Lipinski definition) is 1. The summed E-state index contributed by atoms with van der Waals surface area (Å²) >= 11 is 0. The normalized spacial score (nSPS) is 19.8. The van der Waals surface area contributed by atoms with Crippen molar-refractivity contribution in [1.29, 1.82) is 0 Å². The van der Waals surface area contributed by atoms with E-state index in [1.54, 1.807) is 23.1 Å². The number of hydrogen-bond acceptors (Lipinski definition) is 6. The minimum atomic E-state index is -4.47. The van der Waals surface area contributed by atoms with Crippen molar-refractivity contribution in [2.45, 2.75) is 38.8 Å². The van der Waals surface area contributed by atoms with E-state index in [4.69, 9.17) is 15.2 Å². The molecule has 0 bridgehead atoms. The van der Waals surface area contributed by atoms with Crippen LogP contribution >= 0.6 is 0 Å². The lowest BCUT2D eigenvalue weighted by atomic mass is 9.99. The number of halogens is 3. The van der Waals surface area contributed by atoms with Gasteiger partial charge in [0.1, 0.15) is 5.82 Å². The first-order valence-corrected chi connectivity index (χ1v) is 11.4. The Bertz CT molecular complexity index is 1260. The molecule has 0 radical (unpaired) electrons. The first kappa shape index (κ1) is 23.5. The standard InChI is InChI=1S/C25H25F3N4O3/c1-14-22-20(13-35-14)19-8-16(2-5-21(19)31-23(22)29)24(33)32(10-15-6-7-34-12-15)11-18-4-3-17(9-30-18)25(26,27)28/h2-5,8-9,14-15H,6-7,10-13H2,1H3,(H2,29,31)/t14-,15-/m1/s1. The summed E-state index contributed by atoms with van der Waals surface area (Å²) in [6, 6.07) is 7.55. The highest BCUT2D eigenvalue weighted by Gasteiger charge is 2.31. The van der Waals surface area contributed by atoms with Crippen LogP contribution in [0.25, 0.3) is 10.9 Å². The summed E-state index contributed by atoms with van der Waals surface area (Å²) < 4.78 is 50.0. The van der Waals surface area contributed by atoms with Crippen molar-refractivity contribution in [3.8, 4) is 0 Å². The molecular weight excluding hydrogens is 461 g/mol. The Morgan fingerprint density at radius 2 is 2.09 bits per heavy atom. The molecule has 4 heterocycles. The summed E-state index contributed by atoms with van der Waals surface area (Å²) in [5, 5.41) is 0.807. The van der Waals surface area contributed by atoms with Crippen LogP contribution in [-0.2, 0) is 28.8 Å². The van der Waals surface area contributed by atoms with Crippen LogP contribution in [0.15, 0.2) is 36.5 Å². The molecule has 0 spiro atoms. The molecule has 2 aromatic heterocycles. The minimum absolute atomic E-state index is 0.0871. The molecule has 2 aliphatic rings. The average Bonchev–Trinajstić information content (AvgIpc) is 3.48. The van der Waals surface area contributed by atoms with Gasteiger partial charge in [-0.1, -0.05) is 0 Å². The molecule has 1 fully saturated rings. The third-order valence-corrected chi connectivity index (χ3v) is 6.59. The number of pyridine rings is 2. The van der Waals surface area contributed by atoms with Crippen LogP contribution in [0.4, 0.5) is 19.0 Å². The molecule has 35 heavy (non-hydrogen) atoms. The summed E-state index contributed by atoms with van der Waals surface area (Å²) in [6.45, 7) is 3.96. The van der Waals surface area contributed by atoms with Gasteiger partial charge >= 0.3 is 6.18 Å². The number of anilines is 1. The van der Waals surface area contributed by atoms with Gasteiger partial charge in [-0.2, -0.15) is 13.2 Å². The predicted molar refractivity (Wildman–Crippen MR) is 122 cm³/mol. The van der Waals surface area contributed by atoms with E-state index in [-0.39, 0.29) is 24.5 Å². The third-order valence-electron chi connectivity index (χ3n) is 6.59. The average molecular weight is 486 g/mol. The van der Waals surface area contributed by atoms with Crippen molar-refractivity contribution in [1.82, 2.24) is 14.9 Å². The summed E-state index contributed by atoms with van der Waals surface area (Å²) in [6.07, 6.45) is -3.03. The lowest BCUT2D eigenvalue weighted by Gasteiger charge is -2.25. The summed E-state index contributed by atoms with van der Waals surface area (Å²) in [7, 11) is 0. The van der Waals surface area contributed by atoms with E-state index < -0.39 is 11.7 Å². The number of benzene rings is 1. The number of rotatable bonds is 5. The SMILES string of the molecule is C[C@H]1OCc2c1c(N)nc1ccc(C(=O)N(Cc3ccc(C(F)(F)F)cn3)C[C@H]3CCOC3)cc21. The van der Waals surface area contributed by atoms with E-state index in [0.717, 1.165) is 35.2 Å². The van der Waals surface area contributed by atoms with E-state index in [1.807, 2.05) is 6.92 Å². The highest BCUT2D eigenvalue weighted by molar-refractivity contribution is 5.99. The summed E-state index contributed by atoms with van der Waals surface area (Å²) in [5.41, 5.74) is 8.59. The number of carbonyl (C=O) groups excluding carboxylic acids is 1. The van der Waals surface area contributed by atoms with E-state index in [1.165, 1.54) is 6.07 Å². The van der Waals surface area contributed by atoms with Crippen LogP contribution in [-0.4, -0.2) is 40.5 Å². The molecule has 2 N–H and O–H groups in total. The summed E-state index contributed by atoms with van der Waals surface area (Å²) in [4.78, 5) is 23.7. The quantitative estimate of drug-likeness (QED) is 0.571. The largest absolute Gasteiger partial charge is 0.417 e. The molecule has 2 atom stereocenters. The maximum atomic E-state index is 13.6. The summed E-state index contributed by atoms with van der Waals surface area (Å²) in [5.74, 6) is 0.333. The Kier molecular flexibility index (Phi) is 6.10. The van der Waals surface area contributed by atoms with Crippen LogP contribution in [0.1, 0.15) is 52.2 Å². The fraction of sp³-hybridized carbons (Fsp3) is 0.400. The fourth-order valence-corrected chi connectivity index (χ4v) is 4.72. The number of nitrogens with zero attached hydrogens (tertiary/aromatic N) is 3. The van der Waals surface area contributed by atoms with E-state index in [9.17, 15) is 18.0 Å². The first-order chi connectivity index (χ1) is 16.7. The maximum absolute atomic E-state index is 13.6. The molecule has 5 rings (SSSR count). The van der Waals surface area contributed by atoms with Crippen LogP contribution in [0.2, 0.25) is 0 Å². The van der Waals surface area contributed by atoms with Crippen LogP contribution in [0, 0.1) is 5.92 Å². The van der Waals surface area contributed by atoms with Crippen LogP contribution < -0.4 is 5.73 Å². The number of nitrogen functional groups attached to an aromatic ring is 1. The number of ether oxygens (including phenoxy) is 2. The van der Waals surface area contributed by atoms with Crippen molar-refractivity contribution in [2.24, 2.45) is 5.92 Å². The number of amides is 1. The zero-order chi connectivity index (χ0) is 24.7. The molecule has 10 heteroatoms. The van der Waals surface area contributed by atoms with Gasteiger partial charge in [0, 0.05) is 41.8 Å². The number of aromatic nitrogens is 2. The lowest BCUT2D eigenvalue weighted by molar-refractivity contribution is -0.137. The van der Waals surface area contributed by atoms with Gasteiger partial charge in [0.2, 0.25) is 0 Å². The lowest BCUT2D eigenvalue weighted by Crippen LogP contribution is -2.35. The molecule has 184 valence electrons. The molecule has 7 nitrogen and oxygen atoms in total. The minimum Gasteiger partial charge on any atom is -0.383 e. The fourth-order valence-electron chi connectivity index (χ4n) is 4.72. The van der Waals surface area contributed by atoms with Gasteiger partial charge in [-0.15, -0.1) is 0 Å². The van der Waals surface area contributed by atoms with Gasteiger partial charge in [-0.3, -0.25) is 9.78 Å². The van der Waals surface area contributed by atoms with Crippen molar-refractivity contribution in [2.75, 3.05) is 25.5 Å². The molecule has 1 aromatic carbocycles. The van der Waals surface area contributed by atoms with Gasteiger partial charge in [0.25, 0.3) is 5.91 Å². The number of fused-ring (bicyclic) bond motifs is 3. The highest BCUT2D eigenvalue weighted by atomic mass is 19.4. The Morgan fingerprint density at radius 1 is 1.26 bits per heavy atom. The molecule has 0 unspecified atom stereocenters. The van der Waals surface area contributed by atoms with Crippen molar-refractivity contribution in [3.05, 3.63) is 64.5 Å². The zero-order valence-corrected chi connectivity index (χ0v) is 19.1. The van der Waals surface area contributed by atoms with E-state index in [2.05, 4.69) is 9.97 Å². The third kappa shape index (κ3) is 4.68. The van der Waals surface area contributed by atoms with Crippen molar-refractivity contribution < 1.29 is 27.4 Å². The van der Waals surface area contributed by atoms with E-state index in [0.29, 0.717) is 49.0 Å². The monoisotopic (exact) mass is 486 g/mol. The number of carbonyl (C=O) groups is 1. The molecule has 2 aliphatic heterocycles. The maximum Gasteiger partial charge on any atom is 0.417 e. The first-order valence-electron chi connectivity index (χ1n) is 11.4. The van der Waals surface area contributed by atoms with Crippen molar-refractivity contribution >= 4 is 22.6 Å². The topological polar surface area (TPSA) is 90.6 Å². The highest BCUT2D eigenvalue weighted by Crippen LogP contribution is 2.38. The second-order valence-electron chi connectivity index (χ2n) is 9.03. The van der Waals surface area contributed by atoms with Gasteiger partial charge in [-0.25, -0.2) is 4.98 Å². The Hall–Kier alpha value is -3.24. The predicted octanol–water partition coefficient (Wildman–Crippen LogP) is 4.50.